The van der Waals surface area contributed by atoms with Crippen molar-refractivity contribution in [3.63, 3.8) is 0 Å². The van der Waals surface area contributed by atoms with Crippen LogP contribution in [0.2, 0.25) is 0 Å². The van der Waals surface area contributed by atoms with Crippen LogP contribution in [0.25, 0.3) is 6.08 Å². The number of carbonyl (C=O) groups is 3. The molecule has 27 heavy (non-hydrogen) atoms. The molecule has 0 aliphatic rings. The van der Waals surface area contributed by atoms with E-state index >= 15 is 0 Å². The monoisotopic (exact) mass is 387 g/mol. The molecule has 2 rings (SSSR count). The zero-order chi connectivity index (χ0) is 19.5. The average Bonchev–Trinajstić information content (AvgIpc) is 3.18. The van der Waals surface area contributed by atoms with Gasteiger partial charge in [-0.1, -0.05) is 6.07 Å². The highest BCUT2D eigenvalue weighted by atomic mass is 32.1. The molecule has 0 fully saturated rings. The Morgan fingerprint density at radius 1 is 1.04 bits per heavy atom. The summed E-state index contributed by atoms with van der Waals surface area (Å²) in [5, 5.41) is 4.60. The van der Waals surface area contributed by atoms with Crippen molar-refractivity contribution >= 4 is 40.8 Å². The van der Waals surface area contributed by atoms with Crippen molar-refractivity contribution in [3.8, 4) is 5.75 Å². The number of amides is 3. The quantitative estimate of drug-likeness (QED) is 0.479. The Hall–Kier alpha value is -3.13. The minimum atomic E-state index is -0.449. The summed E-state index contributed by atoms with van der Waals surface area (Å²) in [6, 6.07) is 10.7. The normalized spacial score (nSPS) is 10.4. The van der Waals surface area contributed by atoms with Crippen molar-refractivity contribution in [2.24, 2.45) is 0 Å². The Morgan fingerprint density at radius 2 is 1.78 bits per heavy atom. The van der Waals surface area contributed by atoms with E-state index in [9.17, 15) is 14.4 Å². The van der Waals surface area contributed by atoms with Gasteiger partial charge in [-0.25, -0.2) is 0 Å². The minimum Gasteiger partial charge on any atom is -0.494 e. The topological polar surface area (TPSA) is 96.5 Å². The second kappa shape index (κ2) is 10.8. The fraction of sp³-hybridized carbons (Fsp3) is 0.211. The molecule has 3 N–H and O–H groups in total. The third kappa shape index (κ3) is 7.74. The maximum absolute atomic E-state index is 11.9. The molecule has 1 aromatic carbocycles. The van der Waals surface area contributed by atoms with Gasteiger partial charge in [-0.2, -0.15) is 0 Å². The summed E-state index contributed by atoms with van der Waals surface area (Å²) in [5.41, 5.74) is 5.16. The van der Waals surface area contributed by atoms with E-state index < -0.39 is 11.8 Å². The lowest BCUT2D eigenvalue weighted by atomic mass is 10.2. The molecule has 3 amide bonds. The van der Waals surface area contributed by atoms with Crippen molar-refractivity contribution in [3.05, 3.63) is 52.7 Å². The molecule has 142 valence electrons. The highest BCUT2D eigenvalue weighted by molar-refractivity contribution is 7.10. The molecule has 1 aromatic heterocycles. The molecule has 0 unspecified atom stereocenters. The first-order chi connectivity index (χ1) is 13.1. The van der Waals surface area contributed by atoms with Crippen LogP contribution >= 0.6 is 11.3 Å². The molecule has 0 aliphatic carbocycles. The number of rotatable bonds is 8. The van der Waals surface area contributed by atoms with Crippen LogP contribution in [-0.4, -0.2) is 24.3 Å². The number of carbonyl (C=O) groups excluding carboxylic acids is 3. The molecule has 0 atom stereocenters. The lowest BCUT2D eigenvalue weighted by molar-refractivity contribution is -0.128. The van der Waals surface area contributed by atoms with E-state index in [1.54, 1.807) is 30.3 Å². The lowest BCUT2D eigenvalue weighted by Gasteiger charge is -2.08. The molecular formula is C19H21N3O4S. The van der Waals surface area contributed by atoms with E-state index in [0.29, 0.717) is 12.3 Å². The summed E-state index contributed by atoms with van der Waals surface area (Å²) in [6.45, 7) is 2.46. The van der Waals surface area contributed by atoms with Crippen LogP contribution in [0.15, 0.2) is 47.9 Å². The first-order valence-electron chi connectivity index (χ1n) is 8.40. The van der Waals surface area contributed by atoms with Crippen LogP contribution < -0.4 is 20.9 Å². The second-order valence-corrected chi connectivity index (χ2v) is 6.37. The Labute approximate surface area is 161 Å². The van der Waals surface area contributed by atoms with Gasteiger partial charge in [0, 0.05) is 29.5 Å². The predicted molar refractivity (Wildman–Crippen MR) is 105 cm³/mol. The molecule has 0 bridgehead atoms. The van der Waals surface area contributed by atoms with Gasteiger partial charge < -0.3 is 10.1 Å². The van der Waals surface area contributed by atoms with Crippen molar-refractivity contribution in [2.75, 3.05) is 11.9 Å². The van der Waals surface area contributed by atoms with Crippen LogP contribution in [0.3, 0.4) is 0 Å². The van der Waals surface area contributed by atoms with Crippen LogP contribution in [0.4, 0.5) is 5.69 Å². The number of ether oxygens (including phenoxy) is 1. The molecular weight excluding hydrogens is 366 g/mol. The standard InChI is InChI=1S/C19H21N3O4S/c1-2-26-15-7-5-14(6-8-15)20-17(23)11-12-19(25)22-21-18(24)10-9-16-4-3-13-27-16/h3-10,13H,2,11-12H2,1H3,(H,20,23)(H,21,24)(H,22,25). The molecule has 0 aliphatic heterocycles. The molecule has 0 spiro atoms. The van der Waals surface area contributed by atoms with Gasteiger partial charge in [-0.05, 0) is 48.7 Å². The number of nitrogens with one attached hydrogen (secondary N) is 3. The van der Waals surface area contributed by atoms with Gasteiger partial charge >= 0.3 is 0 Å². The average molecular weight is 387 g/mol. The van der Waals surface area contributed by atoms with Crippen molar-refractivity contribution in [2.45, 2.75) is 19.8 Å². The minimum absolute atomic E-state index is 0.0000497. The summed E-state index contributed by atoms with van der Waals surface area (Å²) in [7, 11) is 0. The summed E-state index contributed by atoms with van der Waals surface area (Å²) in [4.78, 5) is 36.1. The van der Waals surface area contributed by atoms with E-state index in [4.69, 9.17) is 4.74 Å². The number of hydrogen-bond acceptors (Lipinski definition) is 5. The first kappa shape index (κ1) is 20.2. The van der Waals surface area contributed by atoms with E-state index in [0.717, 1.165) is 10.6 Å². The Bertz CT molecular complexity index is 786. The zero-order valence-corrected chi connectivity index (χ0v) is 15.7. The predicted octanol–water partition coefficient (Wildman–Crippen LogP) is 2.73. The highest BCUT2D eigenvalue weighted by Gasteiger charge is 2.08. The number of benzene rings is 1. The third-order valence-electron chi connectivity index (χ3n) is 3.30. The lowest BCUT2D eigenvalue weighted by Crippen LogP contribution is -2.40. The smallest absolute Gasteiger partial charge is 0.262 e. The number of hydrogen-bond donors (Lipinski definition) is 3. The van der Waals surface area contributed by atoms with Gasteiger partial charge in [0.15, 0.2) is 0 Å². The van der Waals surface area contributed by atoms with Gasteiger partial charge in [0.25, 0.3) is 5.91 Å². The third-order valence-corrected chi connectivity index (χ3v) is 4.13. The van der Waals surface area contributed by atoms with Gasteiger partial charge in [-0.15, -0.1) is 11.3 Å². The Morgan fingerprint density at radius 3 is 2.44 bits per heavy atom. The molecule has 0 saturated heterocycles. The van der Waals surface area contributed by atoms with Gasteiger partial charge in [-0.3, -0.25) is 25.2 Å². The Balaban J connectivity index is 1.65. The largest absolute Gasteiger partial charge is 0.494 e. The summed E-state index contributed by atoms with van der Waals surface area (Å²) in [6.07, 6.45) is 2.93. The molecule has 0 radical (unpaired) electrons. The SMILES string of the molecule is CCOc1ccc(NC(=O)CCC(=O)NNC(=O)C=Cc2cccs2)cc1. The van der Waals surface area contributed by atoms with Crippen LogP contribution in [-0.2, 0) is 14.4 Å². The van der Waals surface area contributed by atoms with Gasteiger partial charge in [0.1, 0.15) is 5.75 Å². The van der Waals surface area contributed by atoms with Crippen LogP contribution in [0, 0.1) is 0 Å². The fourth-order valence-electron chi connectivity index (χ4n) is 2.03. The van der Waals surface area contributed by atoms with Crippen molar-refractivity contribution in [1.29, 1.82) is 0 Å². The maximum Gasteiger partial charge on any atom is 0.262 e. The molecule has 7 nitrogen and oxygen atoms in total. The number of anilines is 1. The van der Waals surface area contributed by atoms with Gasteiger partial charge in [0.2, 0.25) is 11.8 Å². The van der Waals surface area contributed by atoms with E-state index in [1.807, 2.05) is 24.4 Å². The molecule has 0 saturated carbocycles. The van der Waals surface area contributed by atoms with E-state index in [1.165, 1.54) is 17.4 Å². The Kier molecular flexibility index (Phi) is 8.05. The molecule has 8 heteroatoms. The zero-order valence-electron chi connectivity index (χ0n) is 14.9. The summed E-state index contributed by atoms with van der Waals surface area (Å²) in [5.74, 6) is -0.470. The first-order valence-corrected chi connectivity index (χ1v) is 9.28. The summed E-state index contributed by atoms with van der Waals surface area (Å²) >= 11 is 1.50. The van der Waals surface area contributed by atoms with Crippen molar-refractivity contribution < 1.29 is 19.1 Å². The molecule has 1 heterocycles. The van der Waals surface area contributed by atoms with Crippen LogP contribution in [0.1, 0.15) is 24.6 Å². The van der Waals surface area contributed by atoms with E-state index in [2.05, 4.69) is 16.2 Å². The maximum atomic E-state index is 11.9. The highest BCUT2D eigenvalue weighted by Crippen LogP contribution is 2.15. The number of hydrazine groups is 1. The van der Waals surface area contributed by atoms with Gasteiger partial charge in [0.05, 0.1) is 6.61 Å². The second-order valence-electron chi connectivity index (χ2n) is 5.39. The number of thiophene rings is 1. The van der Waals surface area contributed by atoms with Crippen LogP contribution in [0.5, 0.6) is 5.75 Å². The summed E-state index contributed by atoms with van der Waals surface area (Å²) < 4.78 is 5.32. The van der Waals surface area contributed by atoms with Crippen molar-refractivity contribution in [1.82, 2.24) is 10.9 Å². The fourth-order valence-corrected chi connectivity index (χ4v) is 2.65. The van der Waals surface area contributed by atoms with E-state index in [-0.39, 0.29) is 18.7 Å². The molecule has 2 aromatic rings.